The van der Waals surface area contributed by atoms with Crippen LogP contribution in [0.25, 0.3) is 0 Å². The van der Waals surface area contributed by atoms with Crippen LogP contribution in [0.3, 0.4) is 0 Å². The van der Waals surface area contributed by atoms with Gasteiger partial charge in [-0.15, -0.1) is 12.6 Å². The number of rotatable bonds is 3. The lowest BCUT2D eigenvalue weighted by atomic mass is 10.1. The molecule has 4 heteroatoms. The molecule has 0 bridgehead atoms. The Balaban J connectivity index is 5.13. The molecule has 0 saturated carbocycles. The second-order valence-corrected chi connectivity index (χ2v) is 3.87. The molecular formula is C11H15F3S. The molecule has 0 heterocycles. The fourth-order valence-electron chi connectivity index (χ4n) is 0.944. The van der Waals surface area contributed by atoms with Crippen molar-refractivity contribution >= 4 is 12.6 Å². The van der Waals surface area contributed by atoms with Crippen LogP contribution in [0.4, 0.5) is 13.2 Å². The number of allylic oxidation sites excluding steroid dienone is 5. The van der Waals surface area contributed by atoms with Crippen LogP contribution in [0, 0.1) is 0 Å². The molecule has 0 atom stereocenters. The summed E-state index contributed by atoms with van der Waals surface area (Å²) >= 11 is 3.96. The Bertz CT molecular complexity index is 291. The lowest BCUT2D eigenvalue weighted by Crippen LogP contribution is -2.10. The molecule has 15 heavy (non-hydrogen) atoms. The first kappa shape index (κ1) is 14.4. The topological polar surface area (TPSA) is 0 Å². The molecular weight excluding hydrogens is 221 g/mol. The van der Waals surface area contributed by atoms with Gasteiger partial charge in [0.05, 0.1) is 5.57 Å². The summed E-state index contributed by atoms with van der Waals surface area (Å²) in [4.78, 5) is 0.335. The van der Waals surface area contributed by atoms with Crippen LogP contribution in [0.15, 0.2) is 34.3 Å². The van der Waals surface area contributed by atoms with Crippen molar-refractivity contribution in [1.82, 2.24) is 0 Å². The highest BCUT2D eigenvalue weighted by molar-refractivity contribution is 7.84. The Hall–Kier alpha value is -0.640. The monoisotopic (exact) mass is 236 g/mol. The zero-order chi connectivity index (χ0) is 12.1. The van der Waals surface area contributed by atoms with Gasteiger partial charge in [-0.1, -0.05) is 24.6 Å². The van der Waals surface area contributed by atoms with Crippen LogP contribution in [-0.2, 0) is 0 Å². The molecule has 0 N–H and O–H groups in total. The van der Waals surface area contributed by atoms with E-state index in [1.54, 1.807) is 19.9 Å². The third kappa shape index (κ3) is 6.44. The maximum atomic E-state index is 12.5. The molecule has 0 aromatic heterocycles. The molecule has 0 nitrogen and oxygen atoms in total. The number of hydrogen-bond acceptors (Lipinski definition) is 1. The Morgan fingerprint density at radius 1 is 1.20 bits per heavy atom. The number of hydrogen-bond donors (Lipinski definition) is 1. The molecule has 0 fully saturated rings. The van der Waals surface area contributed by atoms with Crippen molar-refractivity contribution in [3.05, 3.63) is 34.3 Å². The van der Waals surface area contributed by atoms with Crippen molar-refractivity contribution in [2.24, 2.45) is 0 Å². The van der Waals surface area contributed by atoms with E-state index in [0.717, 1.165) is 12.2 Å². The third-order valence-electron chi connectivity index (χ3n) is 1.49. The van der Waals surface area contributed by atoms with Gasteiger partial charge in [0.15, 0.2) is 0 Å². The Labute approximate surface area is 94.0 Å². The summed E-state index contributed by atoms with van der Waals surface area (Å²) in [5.74, 6) is 0. The summed E-state index contributed by atoms with van der Waals surface area (Å²) in [7, 11) is 0. The highest BCUT2D eigenvalue weighted by Gasteiger charge is 2.31. The summed E-state index contributed by atoms with van der Waals surface area (Å²) in [6.45, 7) is 5.10. The van der Waals surface area contributed by atoms with Crippen molar-refractivity contribution in [2.75, 3.05) is 0 Å². The Kier molecular flexibility index (Phi) is 5.80. The van der Waals surface area contributed by atoms with Gasteiger partial charge in [0.2, 0.25) is 0 Å². The highest BCUT2D eigenvalue weighted by atomic mass is 32.1. The summed E-state index contributed by atoms with van der Waals surface area (Å²) in [5.41, 5.74) is -0.0617. The molecule has 0 saturated heterocycles. The number of thiol groups is 1. The van der Waals surface area contributed by atoms with Crippen molar-refractivity contribution in [3.63, 3.8) is 0 Å². The van der Waals surface area contributed by atoms with Gasteiger partial charge in [-0.25, -0.2) is 0 Å². The average Bonchev–Trinajstić information content (AvgIpc) is 2.00. The van der Waals surface area contributed by atoms with Gasteiger partial charge in [-0.3, -0.25) is 0 Å². The molecule has 0 aromatic carbocycles. The van der Waals surface area contributed by atoms with Gasteiger partial charge >= 0.3 is 6.18 Å². The van der Waals surface area contributed by atoms with Crippen LogP contribution < -0.4 is 0 Å². The van der Waals surface area contributed by atoms with E-state index in [2.05, 4.69) is 12.6 Å². The van der Waals surface area contributed by atoms with E-state index in [1.165, 1.54) is 0 Å². The van der Waals surface area contributed by atoms with E-state index in [9.17, 15) is 13.2 Å². The van der Waals surface area contributed by atoms with Crippen molar-refractivity contribution in [3.8, 4) is 0 Å². The van der Waals surface area contributed by atoms with E-state index in [4.69, 9.17) is 0 Å². The van der Waals surface area contributed by atoms with E-state index in [0.29, 0.717) is 16.9 Å². The molecule has 0 unspecified atom stereocenters. The van der Waals surface area contributed by atoms with Crippen LogP contribution in [0.2, 0.25) is 0 Å². The maximum Gasteiger partial charge on any atom is 0.416 e. The predicted molar refractivity (Wildman–Crippen MR) is 60.9 cm³/mol. The van der Waals surface area contributed by atoms with Gasteiger partial charge in [0, 0.05) is 4.91 Å². The van der Waals surface area contributed by atoms with Gasteiger partial charge in [0.1, 0.15) is 0 Å². The Morgan fingerprint density at radius 2 is 1.73 bits per heavy atom. The zero-order valence-corrected chi connectivity index (χ0v) is 9.91. The quantitative estimate of drug-likeness (QED) is 0.534. The molecule has 0 aliphatic carbocycles. The van der Waals surface area contributed by atoms with Crippen molar-refractivity contribution < 1.29 is 13.2 Å². The predicted octanol–water partition coefficient (Wildman–Crippen LogP) is 4.67. The average molecular weight is 236 g/mol. The van der Waals surface area contributed by atoms with E-state index < -0.39 is 11.7 Å². The van der Waals surface area contributed by atoms with Crippen LogP contribution in [-0.4, -0.2) is 6.18 Å². The third-order valence-corrected chi connectivity index (χ3v) is 1.80. The summed E-state index contributed by atoms with van der Waals surface area (Å²) < 4.78 is 37.5. The summed E-state index contributed by atoms with van der Waals surface area (Å²) in [6, 6.07) is 0. The Morgan fingerprint density at radius 3 is 2.07 bits per heavy atom. The summed E-state index contributed by atoms with van der Waals surface area (Å²) in [6.07, 6.45) is 0.120. The molecule has 0 aromatic rings. The molecule has 0 spiro atoms. The molecule has 86 valence electrons. The highest BCUT2D eigenvalue weighted by Crippen LogP contribution is 2.29. The van der Waals surface area contributed by atoms with Gasteiger partial charge < -0.3 is 0 Å². The minimum Gasteiger partial charge on any atom is -0.166 e. The minimum atomic E-state index is -4.33. The fraction of sp³-hybridized carbons (Fsp3) is 0.455. The second-order valence-electron chi connectivity index (χ2n) is 3.36. The first-order chi connectivity index (χ1) is 6.77. The van der Waals surface area contributed by atoms with E-state index in [1.807, 2.05) is 6.92 Å². The summed E-state index contributed by atoms with van der Waals surface area (Å²) in [5, 5.41) is 0. The van der Waals surface area contributed by atoms with Crippen molar-refractivity contribution in [2.45, 2.75) is 33.4 Å². The zero-order valence-electron chi connectivity index (χ0n) is 9.02. The van der Waals surface area contributed by atoms with Crippen LogP contribution in [0.1, 0.15) is 27.2 Å². The lowest BCUT2D eigenvalue weighted by Gasteiger charge is -2.08. The molecule has 0 aliphatic heterocycles. The molecule has 0 rings (SSSR count). The lowest BCUT2D eigenvalue weighted by molar-refractivity contribution is -0.0882. The SMILES string of the molecule is CC/C=C(S)/C=C(\C=C(C)C)C(F)(F)F. The second kappa shape index (κ2) is 6.05. The standard InChI is InChI=1S/C11H15F3S/c1-4-5-10(15)7-9(6-8(2)3)11(12,13)14/h5-7,15H,4H2,1-3H3/b9-7+,10-5-. The molecule has 0 aliphatic rings. The van der Waals surface area contributed by atoms with Crippen molar-refractivity contribution in [1.29, 1.82) is 0 Å². The number of halogens is 3. The first-order valence-electron chi connectivity index (χ1n) is 4.60. The van der Waals surface area contributed by atoms with E-state index >= 15 is 0 Å². The maximum absolute atomic E-state index is 12.5. The van der Waals surface area contributed by atoms with Crippen LogP contribution in [0.5, 0.6) is 0 Å². The van der Waals surface area contributed by atoms with Gasteiger partial charge in [-0.05, 0) is 26.3 Å². The molecule has 0 amide bonds. The van der Waals surface area contributed by atoms with E-state index in [-0.39, 0.29) is 0 Å². The first-order valence-corrected chi connectivity index (χ1v) is 5.05. The molecule has 0 radical (unpaired) electrons. The number of alkyl halides is 3. The fourth-order valence-corrected chi connectivity index (χ4v) is 1.27. The normalized spacial score (nSPS) is 14.1. The van der Waals surface area contributed by atoms with Gasteiger partial charge in [0.25, 0.3) is 0 Å². The minimum absolute atomic E-state index is 0.335. The van der Waals surface area contributed by atoms with Crippen LogP contribution >= 0.6 is 12.6 Å². The largest absolute Gasteiger partial charge is 0.416 e. The van der Waals surface area contributed by atoms with Gasteiger partial charge in [-0.2, -0.15) is 13.2 Å². The smallest absolute Gasteiger partial charge is 0.166 e.